The molecule has 0 bridgehead atoms. The van der Waals surface area contributed by atoms with Gasteiger partial charge < -0.3 is 31.9 Å². The van der Waals surface area contributed by atoms with Gasteiger partial charge in [0.15, 0.2) is 0 Å². The van der Waals surface area contributed by atoms with E-state index in [1.807, 2.05) is 29.2 Å². The van der Waals surface area contributed by atoms with Crippen LogP contribution in [0.15, 0.2) is 30.5 Å². The molecule has 1 aromatic carbocycles. The summed E-state index contributed by atoms with van der Waals surface area (Å²) in [5.41, 5.74) is 13.0. The fourth-order valence-corrected chi connectivity index (χ4v) is 4.46. The fourth-order valence-electron chi connectivity index (χ4n) is 4.46. The molecule has 0 radical (unpaired) electrons. The lowest BCUT2D eigenvalue weighted by Gasteiger charge is -2.35. The summed E-state index contributed by atoms with van der Waals surface area (Å²) in [7, 11) is 0. The quantitative estimate of drug-likeness (QED) is 0.471. The highest BCUT2D eigenvalue weighted by atomic mass is 16.2. The number of carbonyl (C=O) groups is 3. The Bertz CT molecular complexity index is 1070. The van der Waals surface area contributed by atoms with E-state index in [9.17, 15) is 14.4 Å². The van der Waals surface area contributed by atoms with Gasteiger partial charge in [0.25, 0.3) is 5.91 Å². The van der Waals surface area contributed by atoms with Gasteiger partial charge in [0, 0.05) is 62.6 Å². The van der Waals surface area contributed by atoms with Gasteiger partial charge in [0.2, 0.25) is 17.8 Å². The molecule has 1 aliphatic heterocycles. The lowest BCUT2D eigenvalue weighted by atomic mass is 10.1. The first-order valence-electron chi connectivity index (χ1n) is 11.4. The van der Waals surface area contributed by atoms with Gasteiger partial charge in [-0.25, -0.2) is 4.98 Å². The van der Waals surface area contributed by atoms with Crippen LogP contribution in [0.2, 0.25) is 0 Å². The van der Waals surface area contributed by atoms with Crippen LogP contribution in [0.3, 0.4) is 0 Å². The molecule has 1 aliphatic carbocycles. The van der Waals surface area contributed by atoms with Crippen LogP contribution >= 0.6 is 0 Å². The van der Waals surface area contributed by atoms with Crippen LogP contribution in [-0.2, 0) is 9.59 Å². The number of amides is 3. The van der Waals surface area contributed by atoms with E-state index in [4.69, 9.17) is 11.5 Å². The zero-order chi connectivity index (χ0) is 24.2. The van der Waals surface area contributed by atoms with Crippen molar-refractivity contribution in [1.29, 1.82) is 0 Å². The van der Waals surface area contributed by atoms with E-state index in [1.165, 1.54) is 6.20 Å². The van der Waals surface area contributed by atoms with Gasteiger partial charge in [-0.15, -0.1) is 0 Å². The SMILES string of the molecule is CC(=O)N1CCN(c2ccc(Nc3ncc(C(N)=O)c(N[C@@H]4CC[C@@H](C(N)=O)C4)n3)cc2)CC1. The second-order valence-corrected chi connectivity index (χ2v) is 8.74. The Morgan fingerprint density at radius 1 is 1.03 bits per heavy atom. The molecule has 3 amide bonds. The molecular formula is C23H30N8O3. The first kappa shape index (κ1) is 23.3. The van der Waals surface area contributed by atoms with Crippen LogP contribution in [0, 0.1) is 5.92 Å². The minimum atomic E-state index is -0.632. The minimum Gasteiger partial charge on any atom is -0.369 e. The van der Waals surface area contributed by atoms with Gasteiger partial charge in [0.05, 0.1) is 5.56 Å². The second-order valence-electron chi connectivity index (χ2n) is 8.74. The predicted octanol–water partition coefficient (Wildman–Crippen LogP) is 1.05. The molecule has 4 rings (SSSR count). The highest BCUT2D eigenvalue weighted by Gasteiger charge is 2.29. The third-order valence-corrected chi connectivity index (χ3v) is 6.44. The zero-order valence-electron chi connectivity index (χ0n) is 19.2. The molecule has 11 nitrogen and oxygen atoms in total. The number of primary amides is 2. The highest BCUT2D eigenvalue weighted by molar-refractivity contribution is 5.97. The van der Waals surface area contributed by atoms with Crippen LogP contribution < -0.4 is 27.0 Å². The molecule has 2 aliphatic rings. The van der Waals surface area contributed by atoms with Crippen LogP contribution in [0.4, 0.5) is 23.1 Å². The number of piperazine rings is 1. The van der Waals surface area contributed by atoms with E-state index < -0.39 is 5.91 Å². The van der Waals surface area contributed by atoms with Crippen molar-refractivity contribution in [2.45, 2.75) is 32.2 Å². The Morgan fingerprint density at radius 3 is 2.32 bits per heavy atom. The zero-order valence-corrected chi connectivity index (χ0v) is 19.2. The van der Waals surface area contributed by atoms with Crippen molar-refractivity contribution in [3.8, 4) is 0 Å². The molecular weight excluding hydrogens is 436 g/mol. The van der Waals surface area contributed by atoms with Crippen LogP contribution in [-0.4, -0.2) is 64.8 Å². The minimum absolute atomic E-state index is 0.0268. The number of hydrogen-bond donors (Lipinski definition) is 4. The Labute approximate surface area is 197 Å². The predicted molar refractivity (Wildman–Crippen MR) is 129 cm³/mol. The maximum absolute atomic E-state index is 11.9. The number of nitrogens with one attached hydrogen (secondary N) is 2. The summed E-state index contributed by atoms with van der Waals surface area (Å²) in [5, 5.41) is 6.39. The van der Waals surface area contributed by atoms with E-state index in [0.717, 1.165) is 30.9 Å². The van der Waals surface area contributed by atoms with Gasteiger partial charge in [-0.1, -0.05) is 0 Å². The first-order valence-corrected chi connectivity index (χ1v) is 11.4. The maximum atomic E-state index is 11.9. The summed E-state index contributed by atoms with van der Waals surface area (Å²) in [6, 6.07) is 7.84. The van der Waals surface area contributed by atoms with Crippen molar-refractivity contribution in [3.05, 3.63) is 36.0 Å². The van der Waals surface area contributed by atoms with Crippen LogP contribution in [0.25, 0.3) is 0 Å². The average Bonchev–Trinajstić information content (AvgIpc) is 3.28. The Balaban J connectivity index is 1.42. The number of nitrogens with zero attached hydrogens (tertiary/aromatic N) is 4. The summed E-state index contributed by atoms with van der Waals surface area (Å²) in [6.07, 6.45) is 3.43. The van der Waals surface area contributed by atoms with Crippen molar-refractivity contribution >= 4 is 40.9 Å². The number of carbonyl (C=O) groups excluding carboxylic acids is 3. The van der Waals surface area contributed by atoms with Crippen LogP contribution in [0.5, 0.6) is 0 Å². The summed E-state index contributed by atoms with van der Waals surface area (Å²) < 4.78 is 0. The molecule has 0 spiro atoms. The van der Waals surface area contributed by atoms with Crippen molar-refractivity contribution in [1.82, 2.24) is 14.9 Å². The Morgan fingerprint density at radius 2 is 1.74 bits per heavy atom. The van der Waals surface area contributed by atoms with Crippen molar-refractivity contribution in [2.24, 2.45) is 17.4 Å². The topological polar surface area (TPSA) is 160 Å². The van der Waals surface area contributed by atoms with Gasteiger partial charge in [-0.2, -0.15) is 4.98 Å². The van der Waals surface area contributed by atoms with Gasteiger partial charge >= 0.3 is 0 Å². The standard InChI is InChI=1S/C23H30N8O3/c1-14(32)30-8-10-31(11-9-30)18-6-4-16(5-7-18)28-23-26-13-19(21(25)34)22(29-23)27-17-3-2-15(12-17)20(24)33/h4-7,13,15,17H,2-3,8-12H2,1H3,(H2,24,33)(H2,25,34)(H2,26,27,28,29)/t15-,17-/m1/s1. The van der Waals surface area contributed by atoms with Gasteiger partial charge in [-0.05, 0) is 43.5 Å². The molecule has 2 heterocycles. The van der Waals surface area contributed by atoms with E-state index in [1.54, 1.807) is 6.92 Å². The second kappa shape index (κ2) is 9.94. The van der Waals surface area contributed by atoms with E-state index in [-0.39, 0.29) is 29.3 Å². The number of anilines is 4. The summed E-state index contributed by atoms with van der Waals surface area (Å²) >= 11 is 0. The van der Waals surface area contributed by atoms with E-state index in [0.29, 0.717) is 37.7 Å². The molecule has 2 fully saturated rings. The molecule has 6 N–H and O–H groups in total. The third kappa shape index (κ3) is 5.36. The third-order valence-electron chi connectivity index (χ3n) is 6.44. The molecule has 1 aromatic heterocycles. The van der Waals surface area contributed by atoms with Crippen molar-refractivity contribution in [3.63, 3.8) is 0 Å². The lowest BCUT2D eigenvalue weighted by Crippen LogP contribution is -2.48. The number of aromatic nitrogens is 2. The molecule has 180 valence electrons. The molecule has 0 unspecified atom stereocenters. The molecule has 1 saturated heterocycles. The molecule has 1 saturated carbocycles. The number of benzene rings is 1. The van der Waals surface area contributed by atoms with Gasteiger partial charge in [0.1, 0.15) is 5.82 Å². The highest BCUT2D eigenvalue weighted by Crippen LogP contribution is 2.29. The Hall–Kier alpha value is -3.89. The normalized spacial score (nSPS) is 20.1. The van der Waals surface area contributed by atoms with Crippen molar-refractivity contribution in [2.75, 3.05) is 41.7 Å². The van der Waals surface area contributed by atoms with E-state index >= 15 is 0 Å². The van der Waals surface area contributed by atoms with E-state index in [2.05, 4.69) is 25.5 Å². The smallest absolute Gasteiger partial charge is 0.254 e. The number of hydrogen-bond acceptors (Lipinski definition) is 8. The largest absolute Gasteiger partial charge is 0.369 e. The lowest BCUT2D eigenvalue weighted by molar-refractivity contribution is -0.129. The number of nitrogens with two attached hydrogens (primary N) is 2. The number of rotatable bonds is 7. The van der Waals surface area contributed by atoms with Gasteiger partial charge in [-0.3, -0.25) is 14.4 Å². The molecule has 2 aromatic rings. The summed E-state index contributed by atoms with van der Waals surface area (Å²) in [6.45, 7) is 4.60. The van der Waals surface area contributed by atoms with Crippen LogP contribution in [0.1, 0.15) is 36.5 Å². The summed E-state index contributed by atoms with van der Waals surface area (Å²) in [4.78, 5) is 47.6. The fraction of sp³-hybridized carbons (Fsp3) is 0.435. The Kier molecular flexibility index (Phi) is 6.80. The average molecular weight is 467 g/mol. The molecule has 2 atom stereocenters. The first-order chi connectivity index (χ1) is 16.3. The molecule has 34 heavy (non-hydrogen) atoms. The monoisotopic (exact) mass is 466 g/mol. The maximum Gasteiger partial charge on any atom is 0.254 e. The van der Waals surface area contributed by atoms with Crippen molar-refractivity contribution < 1.29 is 14.4 Å². The summed E-state index contributed by atoms with van der Waals surface area (Å²) in [5.74, 6) is -0.366. The molecule has 11 heteroatoms.